The van der Waals surface area contributed by atoms with Gasteiger partial charge in [-0.15, -0.1) is 0 Å². The van der Waals surface area contributed by atoms with Crippen molar-refractivity contribution in [2.45, 2.75) is 50.7 Å². The Morgan fingerprint density at radius 1 is 1.00 bits per heavy atom. The number of carbonyl (C=O) groups is 2. The lowest BCUT2D eigenvalue weighted by molar-refractivity contribution is -0.140. The molecule has 0 aromatic heterocycles. The number of amides is 2. The summed E-state index contributed by atoms with van der Waals surface area (Å²) in [5.41, 5.74) is 0.168. The quantitative estimate of drug-likeness (QED) is 0.366. The minimum atomic E-state index is -4.38. The third kappa shape index (κ3) is 7.75. The number of nitrogens with one attached hydrogen (secondary N) is 1. The Morgan fingerprint density at radius 3 is 2.33 bits per heavy atom. The molecule has 3 aromatic rings. The standard InChI is InChI=1S/C31H36FN3O7S/c1-21(30(37)33-31(2,3)4)34(19-22-7-6-8-25(17-22)40-5)29(36)20-35(24-11-9-23(32)10-12-24)43(38,39)26-13-14-27-28(18-26)42-16-15-41-27/h6-14,17-18,21H,15-16,19-20H2,1-5H3,(H,33,37)/t21-/m1/s1. The molecule has 12 heteroatoms. The van der Waals surface area contributed by atoms with Gasteiger partial charge >= 0.3 is 0 Å². The van der Waals surface area contributed by atoms with Crippen molar-refractivity contribution in [1.29, 1.82) is 0 Å². The van der Waals surface area contributed by atoms with Crippen LogP contribution in [0.4, 0.5) is 10.1 Å². The number of hydrogen-bond acceptors (Lipinski definition) is 7. The van der Waals surface area contributed by atoms with E-state index in [4.69, 9.17) is 14.2 Å². The molecule has 0 aliphatic carbocycles. The SMILES string of the molecule is COc1cccc(CN(C(=O)CN(c2ccc(F)cc2)S(=O)(=O)c2ccc3c(c2)OCCO3)[C@H](C)C(=O)NC(C)(C)C)c1. The Balaban J connectivity index is 1.73. The summed E-state index contributed by atoms with van der Waals surface area (Å²) < 4.78 is 59.3. The number of halogens is 1. The highest BCUT2D eigenvalue weighted by Crippen LogP contribution is 2.34. The number of carbonyl (C=O) groups excluding carboxylic acids is 2. The van der Waals surface area contributed by atoms with Crippen molar-refractivity contribution < 1.29 is 36.6 Å². The van der Waals surface area contributed by atoms with Crippen LogP contribution >= 0.6 is 0 Å². The number of methoxy groups -OCH3 is 1. The molecule has 2 amide bonds. The van der Waals surface area contributed by atoms with Crippen LogP contribution in [0.3, 0.4) is 0 Å². The van der Waals surface area contributed by atoms with Gasteiger partial charge in [0.1, 0.15) is 37.4 Å². The van der Waals surface area contributed by atoms with E-state index in [-0.39, 0.29) is 29.5 Å². The average molecular weight is 614 g/mol. The molecule has 1 aliphatic rings. The highest BCUT2D eigenvalue weighted by molar-refractivity contribution is 7.92. The maximum Gasteiger partial charge on any atom is 0.264 e. The first-order valence-corrected chi connectivity index (χ1v) is 15.1. The lowest BCUT2D eigenvalue weighted by Gasteiger charge is -2.33. The molecule has 43 heavy (non-hydrogen) atoms. The molecule has 10 nitrogen and oxygen atoms in total. The molecule has 1 atom stereocenters. The molecule has 0 saturated heterocycles. The minimum absolute atomic E-state index is 0.00388. The smallest absolute Gasteiger partial charge is 0.264 e. The van der Waals surface area contributed by atoms with Gasteiger partial charge in [-0.1, -0.05) is 12.1 Å². The number of nitrogens with zero attached hydrogens (tertiary/aromatic N) is 2. The number of hydrogen-bond donors (Lipinski definition) is 1. The second kappa shape index (κ2) is 12.9. The molecule has 0 bridgehead atoms. The van der Waals surface area contributed by atoms with E-state index in [0.29, 0.717) is 23.7 Å². The molecule has 0 radical (unpaired) electrons. The van der Waals surface area contributed by atoms with Crippen LogP contribution in [0.1, 0.15) is 33.3 Å². The van der Waals surface area contributed by atoms with E-state index in [1.54, 1.807) is 31.2 Å². The average Bonchev–Trinajstić information content (AvgIpc) is 2.97. The Bertz CT molecular complexity index is 1570. The number of benzene rings is 3. The van der Waals surface area contributed by atoms with Gasteiger partial charge in [0.25, 0.3) is 10.0 Å². The Hall–Kier alpha value is -4.32. The first-order valence-electron chi connectivity index (χ1n) is 13.7. The number of anilines is 1. The third-order valence-electron chi connectivity index (χ3n) is 6.65. The Labute approximate surface area is 251 Å². The molecule has 0 unspecified atom stereocenters. The predicted molar refractivity (Wildman–Crippen MR) is 159 cm³/mol. The summed E-state index contributed by atoms with van der Waals surface area (Å²) in [4.78, 5) is 28.5. The highest BCUT2D eigenvalue weighted by Gasteiger charge is 2.34. The molecule has 0 saturated carbocycles. The predicted octanol–water partition coefficient (Wildman–Crippen LogP) is 4.13. The first-order chi connectivity index (χ1) is 20.3. The van der Waals surface area contributed by atoms with Crippen LogP contribution in [0.15, 0.2) is 71.6 Å². The topological polar surface area (TPSA) is 114 Å². The number of ether oxygens (including phenoxy) is 3. The van der Waals surface area contributed by atoms with Gasteiger partial charge in [0.2, 0.25) is 11.8 Å². The number of rotatable bonds is 10. The second-order valence-electron chi connectivity index (χ2n) is 11.1. The second-order valence-corrected chi connectivity index (χ2v) is 12.9. The van der Waals surface area contributed by atoms with Crippen LogP contribution in [0.25, 0.3) is 0 Å². The zero-order chi connectivity index (χ0) is 31.4. The molecule has 0 fully saturated rings. The van der Waals surface area contributed by atoms with E-state index in [1.165, 1.54) is 42.3 Å². The number of sulfonamides is 1. The van der Waals surface area contributed by atoms with Crippen LogP contribution in [0.2, 0.25) is 0 Å². The fraction of sp³-hybridized carbons (Fsp3) is 0.355. The van der Waals surface area contributed by atoms with Gasteiger partial charge in [0.15, 0.2) is 11.5 Å². The molecular weight excluding hydrogens is 577 g/mol. The minimum Gasteiger partial charge on any atom is -0.497 e. The van der Waals surface area contributed by atoms with Crippen LogP contribution in [0, 0.1) is 5.82 Å². The molecule has 3 aromatic carbocycles. The van der Waals surface area contributed by atoms with Gasteiger partial charge in [0, 0.05) is 18.2 Å². The van der Waals surface area contributed by atoms with Gasteiger partial charge < -0.3 is 24.4 Å². The largest absolute Gasteiger partial charge is 0.497 e. The van der Waals surface area contributed by atoms with Crippen LogP contribution in [-0.2, 0) is 26.2 Å². The molecule has 230 valence electrons. The molecule has 1 N–H and O–H groups in total. The van der Waals surface area contributed by atoms with E-state index < -0.39 is 45.8 Å². The van der Waals surface area contributed by atoms with Crippen LogP contribution < -0.4 is 23.8 Å². The van der Waals surface area contributed by atoms with Gasteiger partial charge in [0.05, 0.1) is 17.7 Å². The van der Waals surface area contributed by atoms with Gasteiger partial charge in [-0.25, -0.2) is 12.8 Å². The lowest BCUT2D eigenvalue weighted by atomic mass is 10.1. The summed E-state index contributed by atoms with van der Waals surface area (Å²) in [7, 11) is -2.86. The van der Waals surface area contributed by atoms with E-state index in [1.807, 2.05) is 20.8 Å². The summed E-state index contributed by atoms with van der Waals surface area (Å²) in [5, 5.41) is 2.88. The fourth-order valence-electron chi connectivity index (χ4n) is 4.47. The molecule has 1 heterocycles. The molecule has 0 spiro atoms. The molecule has 1 aliphatic heterocycles. The van der Waals surface area contributed by atoms with E-state index in [0.717, 1.165) is 16.4 Å². The Morgan fingerprint density at radius 2 is 1.67 bits per heavy atom. The summed E-state index contributed by atoms with van der Waals surface area (Å²) in [6.45, 7) is 6.96. The van der Waals surface area contributed by atoms with Crippen molar-refractivity contribution in [3.05, 3.63) is 78.1 Å². The van der Waals surface area contributed by atoms with Crippen molar-refractivity contribution in [2.75, 3.05) is 31.2 Å². The zero-order valence-corrected chi connectivity index (χ0v) is 25.6. The maximum atomic E-state index is 14.1. The number of fused-ring (bicyclic) bond motifs is 1. The van der Waals surface area contributed by atoms with Crippen molar-refractivity contribution in [2.24, 2.45) is 0 Å². The maximum absolute atomic E-state index is 14.1. The van der Waals surface area contributed by atoms with E-state index in [9.17, 15) is 22.4 Å². The summed E-state index contributed by atoms with van der Waals surface area (Å²) in [6.07, 6.45) is 0. The summed E-state index contributed by atoms with van der Waals surface area (Å²) in [5.74, 6) is -0.413. The molecule has 4 rings (SSSR count). The van der Waals surface area contributed by atoms with Gasteiger partial charge in [-0.05, 0) is 81.8 Å². The van der Waals surface area contributed by atoms with Gasteiger partial charge in [-0.3, -0.25) is 13.9 Å². The third-order valence-corrected chi connectivity index (χ3v) is 8.42. The fourth-order valence-corrected chi connectivity index (χ4v) is 5.90. The Kier molecular flexibility index (Phi) is 9.49. The van der Waals surface area contributed by atoms with Crippen molar-refractivity contribution >= 4 is 27.5 Å². The zero-order valence-electron chi connectivity index (χ0n) is 24.8. The van der Waals surface area contributed by atoms with Crippen molar-refractivity contribution in [3.63, 3.8) is 0 Å². The van der Waals surface area contributed by atoms with Crippen molar-refractivity contribution in [3.8, 4) is 17.2 Å². The normalized spacial score (nSPS) is 13.5. The van der Waals surface area contributed by atoms with Crippen LogP contribution in [-0.4, -0.2) is 63.6 Å². The first kappa shape index (κ1) is 31.6. The van der Waals surface area contributed by atoms with Gasteiger partial charge in [-0.2, -0.15) is 0 Å². The van der Waals surface area contributed by atoms with Crippen LogP contribution in [0.5, 0.6) is 17.2 Å². The monoisotopic (exact) mass is 613 g/mol. The lowest BCUT2D eigenvalue weighted by Crippen LogP contribution is -2.54. The highest BCUT2D eigenvalue weighted by atomic mass is 32.2. The van der Waals surface area contributed by atoms with E-state index in [2.05, 4.69) is 5.32 Å². The summed E-state index contributed by atoms with van der Waals surface area (Å²) in [6, 6.07) is 15.0. The molecular formula is C31H36FN3O7S. The van der Waals surface area contributed by atoms with E-state index >= 15 is 0 Å². The summed E-state index contributed by atoms with van der Waals surface area (Å²) >= 11 is 0. The van der Waals surface area contributed by atoms with Crippen molar-refractivity contribution in [1.82, 2.24) is 10.2 Å².